The molecule has 1 aliphatic heterocycles. The van der Waals surface area contributed by atoms with Crippen molar-refractivity contribution in [2.24, 2.45) is 0 Å². The monoisotopic (exact) mass is 92.0 g/mol. The van der Waals surface area contributed by atoms with Gasteiger partial charge in [0.2, 0.25) is 0 Å². The van der Waals surface area contributed by atoms with Gasteiger partial charge in [-0.25, -0.2) is 0 Å². The highest BCUT2D eigenvalue weighted by Crippen LogP contribution is 1.96. The van der Waals surface area contributed by atoms with E-state index in [1.165, 1.54) is 0 Å². The molecule has 1 rings (SSSR count). The maximum atomic E-state index is 8.03. The highest BCUT2D eigenvalue weighted by atomic mass is 17.7. The van der Waals surface area contributed by atoms with Crippen molar-refractivity contribution in [2.45, 2.75) is 0 Å². The molecule has 5 nitrogen and oxygen atoms in total. The molecule has 1 N–H and O–H groups in total. The Morgan fingerprint density at radius 1 is 1.17 bits per heavy atom. The van der Waals surface area contributed by atoms with Gasteiger partial charge in [-0.1, -0.05) is 0 Å². The van der Waals surface area contributed by atoms with Crippen LogP contribution in [0.15, 0.2) is 0 Å². The smallest absolute Gasteiger partial charge is 0.398 e. The fourth-order valence-corrected chi connectivity index (χ4v) is 0.115. The first-order chi connectivity index (χ1) is 2.89. The van der Waals surface area contributed by atoms with Gasteiger partial charge >= 0.3 is 7.32 Å². The van der Waals surface area contributed by atoms with Crippen molar-refractivity contribution in [3.05, 3.63) is 0 Å². The highest BCUT2D eigenvalue weighted by molar-refractivity contribution is 6.33. The third-order valence-corrected chi connectivity index (χ3v) is 0.271. The summed E-state index contributed by atoms with van der Waals surface area (Å²) in [7, 11) is -1.40. The second-order valence-corrected chi connectivity index (χ2v) is 0.636. The van der Waals surface area contributed by atoms with Gasteiger partial charge in [-0.05, 0) is 10.1 Å². The van der Waals surface area contributed by atoms with Crippen molar-refractivity contribution < 1.29 is 24.7 Å². The van der Waals surface area contributed by atoms with E-state index in [1.54, 1.807) is 0 Å². The van der Waals surface area contributed by atoms with Gasteiger partial charge < -0.3 is 5.02 Å². The van der Waals surface area contributed by atoms with Gasteiger partial charge in [-0.2, -0.15) is 9.61 Å². The van der Waals surface area contributed by atoms with Crippen LogP contribution in [0.2, 0.25) is 0 Å². The normalized spacial score (nSPS) is 22.5. The molecule has 0 aromatic carbocycles. The Morgan fingerprint density at radius 2 is 1.67 bits per heavy atom. The van der Waals surface area contributed by atoms with E-state index in [4.69, 9.17) is 5.02 Å². The van der Waals surface area contributed by atoms with Crippen LogP contribution in [0, 0.1) is 0 Å². The maximum absolute atomic E-state index is 8.03. The lowest BCUT2D eigenvalue weighted by atomic mass is 10.3. The molecule has 0 spiro atoms. The van der Waals surface area contributed by atoms with E-state index < -0.39 is 7.32 Å². The van der Waals surface area contributed by atoms with Crippen LogP contribution in [-0.2, 0) is 19.7 Å². The van der Waals surface area contributed by atoms with Crippen LogP contribution in [0.4, 0.5) is 0 Å². The minimum absolute atomic E-state index is 1.40. The quantitative estimate of drug-likeness (QED) is 0.300. The van der Waals surface area contributed by atoms with Crippen molar-refractivity contribution in [1.29, 1.82) is 0 Å². The lowest BCUT2D eigenvalue weighted by molar-refractivity contribution is -0.532. The fourth-order valence-electron chi connectivity index (χ4n) is 0.115. The van der Waals surface area contributed by atoms with Crippen LogP contribution in [0.3, 0.4) is 0 Å². The summed E-state index contributed by atoms with van der Waals surface area (Å²) in [6.45, 7) is 0. The summed E-state index contributed by atoms with van der Waals surface area (Å²) in [4.78, 5) is 7.53. The Bertz CT molecular complexity index is 37.2. The summed E-state index contributed by atoms with van der Waals surface area (Å²) < 4.78 is 0. The van der Waals surface area contributed by atoms with Crippen LogP contribution in [0.5, 0.6) is 0 Å². The molecule has 0 amide bonds. The first kappa shape index (κ1) is 4.04. The molecule has 0 aromatic heterocycles. The Hall–Kier alpha value is -0.135. The standard InChI is InChI=1S/BHO5/c2-1-3-5-6-4-1/h2H. The zero-order valence-corrected chi connectivity index (χ0v) is 2.66. The van der Waals surface area contributed by atoms with Crippen molar-refractivity contribution in [3.8, 4) is 0 Å². The van der Waals surface area contributed by atoms with E-state index in [0.29, 0.717) is 0 Å². The molecular formula is HBO5. The molecule has 6 heavy (non-hydrogen) atoms. The van der Waals surface area contributed by atoms with Gasteiger partial charge in [0.15, 0.2) is 0 Å². The third kappa shape index (κ3) is 0.673. The molecule has 6 heteroatoms. The zero-order chi connectivity index (χ0) is 4.41. The van der Waals surface area contributed by atoms with Gasteiger partial charge in [0.25, 0.3) is 0 Å². The summed E-state index contributed by atoms with van der Waals surface area (Å²) in [5.74, 6) is 0. The number of hydrogen-bond acceptors (Lipinski definition) is 5. The number of rotatable bonds is 0. The molecule has 1 heterocycles. The third-order valence-electron chi connectivity index (χ3n) is 0.271. The molecule has 1 fully saturated rings. The van der Waals surface area contributed by atoms with Crippen LogP contribution in [0.25, 0.3) is 0 Å². The molecule has 0 saturated carbocycles. The molecular weight excluding hydrogens is 90.8 g/mol. The van der Waals surface area contributed by atoms with Crippen molar-refractivity contribution >= 4 is 7.32 Å². The minimum Gasteiger partial charge on any atom is -0.398 e. The minimum atomic E-state index is -1.40. The van der Waals surface area contributed by atoms with Gasteiger partial charge in [-0.15, -0.1) is 0 Å². The van der Waals surface area contributed by atoms with E-state index in [2.05, 4.69) is 19.7 Å². The largest absolute Gasteiger partial charge is 0.698 e. The fraction of sp³-hybridized carbons (Fsp3) is 0. The molecule has 1 aliphatic rings. The van der Waals surface area contributed by atoms with Crippen LogP contribution in [-0.4, -0.2) is 12.3 Å². The number of hydrogen-bond donors (Lipinski definition) is 1. The molecule has 0 unspecified atom stereocenters. The van der Waals surface area contributed by atoms with E-state index in [9.17, 15) is 0 Å². The average molecular weight is 91.8 g/mol. The summed E-state index contributed by atoms with van der Waals surface area (Å²) >= 11 is 0. The maximum Gasteiger partial charge on any atom is 0.698 e. The Morgan fingerprint density at radius 3 is 1.83 bits per heavy atom. The van der Waals surface area contributed by atoms with E-state index >= 15 is 0 Å². The molecule has 0 atom stereocenters. The van der Waals surface area contributed by atoms with Gasteiger partial charge in [0.05, 0.1) is 0 Å². The lowest BCUT2D eigenvalue weighted by Crippen LogP contribution is -2.10. The van der Waals surface area contributed by atoms with Crippen LogP contribution >= 0.6 is 0 Å². The molecule has 0 radical (unpaired) electrons. The summed E-state index contributed by atoms with van der Waals surface area (Å²) in [6, 6.07) is 0. The van der Waals surface area contributed by atoms with Crippen molar-refractivity contribution in [3.63, 3.8) is 0 Å². The van der Waals surface area contributed by atoms with Gasteiger partial charge in [-0.3, -0.25) is 0 Å². The van der Waals surface area contributed by atoms with Crippen LogP contribution < -0.4 is 0 Å². The summed E-state index contributed by atoms with van der Waals surface area (Å²) in [6.07, 6.45) is 0. The highest BCUT2D eigenvalue weighted by Gasteiger charge is 2.26. The van der Waals surface area contributed by atoms with Crippen LogP contribution in [0.1, 0.15) is 0 Å². The van der Waals surface area contributed by atoms with Gasteiger partial charge in [0.1, 0.15) is 0 Å². The average Bonchev–Trinajstić information content (AvgIpc) is 1.86. The van der Waals surface area contributed by atoms with Crippen molar-refractivity contribution in [2.75, 3.05) is 0 Å². The molecule has 0 bridgehead atoms. The van der Waals surface area contributed by atoms with E-state index in [1.807, 2.05) is 0 Å². The Kier molecular flexibility index (Phi) is 1.04. The van der Waals surface area contributed by atoms with E-state index in [-0.39, 0.29) is 0 Å². The second kappa shape index (κ2) is 1.54. The zero-order valence-electron chi connectivity index (χ0n) is 2.66. The predicted octanol–water partition coefficient (Wildman–Crippen LogP) is -1.21. The Labute approximate surface area is 33.3 Å². The first-order valence-corrected chi connectivity index (χ1v) is 1.23. The molecule has 34 valence electrons. The van der Waals surface area contributed by atoms with E-state index in [0.717, 1.165) is 0 Å². The second-order valence-electron chi connectivity index (χ2n) is 0.636. The lowest BCUT2D eigenvalue weighted by Gasteiger charge is -1.74. The topological polar surface area (TPSA) is 57.2 Å². The molecule has 1 saturated heterocycles. The summed E-state index contributed by atoms with van der Waals surface area (Å²) in [5, 5.41) is 15.2. The summed E-state index contributed by atoms with van der Waals surface area (Å²) in [5.41, 5.74) is 0. The Balaban J connectivity index is 2.18. The SMILES string of the molecule is OB1OOOO1. The molecule has 0 aliphatic carbocycles. The van der Waals surface area contributed by atoms with Gasteiger partial charge in [0, 0.05) is 0 Å². The first-order valence-electron chi connectivity index (χ1n) is 1.23. The predicted molar refractivity (Wildman–Crippen MR) is 12.3 cm³/mol. The molecule has 0 aromatic rings. The van der Waals surface area contributed by atoms with Crippen molar-refractivity contribution in [1.82, 2.24) is 0 Å².